The normalized spacial score (nSPS) is 11.7. The molecule has 0 saturated carbocycles. The van der Waals surface area contributed by atoms with E-state index in [9.17, 15) is 22.8 Å². The summed E-state index contributed by atoms with van der Waals surface area (Å²) in [5.41, 5.74) is 2.04. The molecule has 0 unspecified atom stereocenters. The number of halogens is 3. The Hall–Kier alpha value is -3.95. The van der Waals surface area contributed by atoms with Gasteiger partial charge in [0, 0.05) is 12.1 Å². The SMILES string of the molecule is Cc1cc(C)cc(C(=O)NCCn2ncc3c(=O)n(Cc4cccc(C(F)(F)F)c4)cnc32)c1. The molecular formula is C24H22F3N5O2. The van der Waals surface area contributed by atoms with E-state index in [1.165, 1.54) is 33.9 Å². The fraction of sp³-hybridized carbons (Fsp3) is 0.250. The molecule has 0 aliphatic rings. The molecule has 2 aromatic carbocycles. The van der Waals surface area contributed by atoms with E-state index in [0.717, 1.165) is 23.3 Å². The highest BCUT2D eigenvalue weighted by atomic mass is 19.4. The number of carbonyl (C=O) groups is 1. The van der Waals surface area contributed by atoms with E-state index in [-0.39, 0.29) is 24.4 Å². The Balaban J connectivity index is 1.47. The van der Waals surface area contributed by atoms with Gasteiger partial charge in [0.1, 0.15) is 11.7 Å². The van der Waals surface area contributed by atoms with Crippen LogP contribution < -0.4 is 10.9 Å². The van der Waals surface area contributed by atoms with Gasteiger partial charge in [0.25, 0.3) is 11.5 Å². The lowest BCUT2D eigenvalue weighted by molar-refractivity contribution is -0.137. The minimum absolute atomic E-state index is 0.0527. The lowest BCUT2D eigenvalue weighted by atomic mass is 10.1. The molecule has 0 aliphatic carbocycles. The topological polar surface area (TPSA) is 81.8 Å². The van der Waals surface area contributed by atoms with Gasteiger partial charge in [0.15, 0.2) is 5.65 Å². The zero-order valence-electron chi connectivity index (χ0n) is 18.6. The second-order valence-electron chi connectivity index (χ2n) is 8.11. The first-order valence-corrected chi connectivity index (χ1v) is 10.6. The van der Waals surface area contributed by atoms with E-state index < -0.39 is 17.3 Å². The number of amides is 1. The van der Waals surface area contributed by atoms with Crippen molar-refractivity contribution >= 4 is 16.9 Å². The molecule has 34 heavy (non-hydrogen) atoms. The molecule has 0 radical (unpaired) electrons. The second-order valence-corrected chi connectivity index (χ2v) is 8.11. The molecule has 0 atom stereocenters. The molecule has 0 saturated heterocycles. The molecule has 4 rings (SSSR count). The van der Waals surface area contributed by atoms with Gasteiger partial charge >= 0.3 is 6.18 Å². The molecule has 0 bridgehead atoms. The summed E-state index contributed by atoms with van der Waals surface area (Å²) < 4.78 is 41.6. The number of fused-ring (bicyclic) bond motifs is 1. The first-order valence-electron chi connectivity index (χ1n) is 10.6. The Bertz CT molecular complexity index is 1400. The third-order valence-corrected chi connectivity index (χ3v) is 5.32. The first kappa shape index (κ1) is 23.2. The van der Waals surface area contributed by atoms with Crippen LogP contribution in [0, 0.1) is 13.8 Å². The molecule has 7 nitrogen and oxygen atoms in total. The number of benzene rings is 2. The van der Waals surface area contributed by atoms with Crippen LogP contribution in [0.15, 0.2) is 59.8 Å². The first-order chi connectivity index (χ1) is 16.1. The number of hydrogen-bond donors (Lipinski definition) is 1. The van der Waals surface area contributed by atoms with Crippen LogP contribution in [0.3, 0.4) is 0 Å². The Morgan fingerprint density at radius 3 is 2.53 bits per heavy atom. The number of nitrogens with one attached hydrogen (secondary N) is 1. The summed E-state index contributed by atoms with van der Waals surface area (Å²) in [7, 11) is 0. The van der Waals surface area contributed by atoms with E-state index in [2.05, 4.69) is 15.4 Å². The van der Waals surface area contributed by atoms with Gasteiger partial charge in [-0.15, -0.1) is 0 Å². The fourth-order valence-corrected chi connectivity index (χ4v) is 3.80. The van der Waals surface area contributed by atoms with Crippen molar-refractivity contribution in [3.63, 3.8) is 0 Å². The van der Waals surface area contributed by atoms with Crippen LogP contribution in [0.1, 0.15) is 32.6 Å². The summed E-state index contributed by atoms with van der Waals surface area (Å²) in [6.45, 7) is 4.36. The van der Waals surface area contributed by atoms with E-state index in [4.69, 9.17) is 0 Å². The predicted octanol–water partition coefficient (Wildman–Crippen LogP) is 3.71. The van der Waals surface area contributed by atoms with Crippen molar-refractivity contribution in [3.05, 3.63) is 93.2 Å². The van der Waals surface area contributed by atoms with Crippen molar-refractivity contribution < 1.29 is 18.0 Å². The third-order valence-electron chi connectivity index (χ3n) is 5.32. The van der Waals surface area contributed by atoms with Crippen molar-refractivity contribution in [1.29, 1.82) is 0 Å². The van der Waals surface area contributed by atoms with E-state index in [0.29, 0.717) is 23.3 Å². The van der Waals surface area contributed by atoms with Crippen LogP contribution in [0.2, 0.25) is 0 Å². The number of nitrogens with zero attached hydrogens (tertiary/aromatic N) is 4. The molecule has 2 heterocycles. The number of hydrogen-bond acceptors (Lipinski definition) is 4. The zero-order chi connectivity index (χ0) is 24.5. The molecule has 176 valence electrons. The quantitative estimate of drug-likeness (QED) is 0.467. The van der Waals surface area contributed by atoms with E-state index >= 15 is 0 Å². The molecule has 1 N–H and O–H groups in total. The van der Waals surface area contributed by atoms with Crippen molar-refractivity contribution in [1.82, 2.24) is 24.6 Å². The van der Waals surface area contributed by atoms with Gasteiger partial charge in [-0.3, -0.25) is 14.2 Å². The largest absolute Gasteiger partial charge is 0.416 e. The van der Waals surface area contributed by atoms with Crippen molar-refractivity contribution in [3.8, 4) is 0 Å². The van der Waals surface area contributed by atoms with Crippen molar-refractivity contribution in [2.24, 2.45) is 0 Å². The molecule has 0 spiro atoms. The molecule has 10 heteroatoms. The Morgan fingerprint density at radius 2 is 1.82 bits per heavy atom. The summed E-state index contributed by atoms with van der Waals surface area (Å²) in [6.07, 6.45) is -1.80. The summed E-state index contributed by atoms with van der Waals surface area (Å²) in [5.74, 6) is -0.209. The van der Waals surface area contributed by atoms with Gasteiger partial charge < -0.3 is 5.32 Å². The average molecular weight is 469 g/mol. The molecule has 4 aromatic rings. The number of aryl methyl sites for hydroxylation is 2. The number of rotatable bonds is 6. The third kappa shape index (κ3) is 5.00. The monoisotopic (exact) mass is 469 g/mol. The second kappa shape index (κ2) is 9.12. The van der Waals surface area contributed by atoms with Gasteiger partial charge in [0.2, 0.25) is 0 Å². The minimum atomic E-state index is -4.46. The molecule has 1 amide bonds. The molecular weight excluding hydrogens is 447 g/mol. The number of carbonyl (C=O) groups excluding carboxylic acids is 1. The van der Waals surface area contributed by atoms with Crippen LogP contribution in [-0.4, -0.2) is 31.8 Å². The highest BCUT2D eigenvalue weighted by molar-refractivity contribution is 5.94. The predicted molar refractivity (Wildman–Crippen MR) is 121 cm³/mol. The number of aromatic nitrogens is 4. The van der Waals surface area contributed by atoms with Crippen LogP contribution in [0.4, 0.5) is 13.2 Å². The average Bonchev–Trinajstić information content (AvgIpc) is 3.18. The molecule has 0 fully saturated rings. The van der Waals surface area contributed by atoms with E-state index in [1.807, 2.05) is 19.9 Å². The summed E-state index contributed by atoms with van der Waals surface area (Å²) in [6, 6.07) is 10.4. The van der Waals surface area contributed by atoms with Gasteiger partial charge in [-0.1, -0.05) is 29.3 Å². The zero-order valence-corrected chi connectivity index (χ0v) is 18.6. The van der Waals surface area contributed by atoms with Gasteiger partial charge in [-0.2, -0.15) is 18.3 Å². The summed E-state index contributed by atoms with van der Waals surface area (Å²) in [5, 5.41) is 7.26. The van der Waals surface area contributed by atoms with Gasteiger partial charge in [-0.25, -0.2) is 9.67 Å². The lowest BCUT2D eigenvalue weighted by Crippen LogP contribution is -2.28. The lowest BCUT2D eigenvalue weighted by Gasteiger charge is -2.10. The van der Waals surface area contributed by atoms with Crippen LogP contribution in [-0.2, 0) is 19.3 Å². The van der Waals surface area contributed by atoms with Crippen LogP contribution in [0.25, 0.3) is 11.0 Å². The Labute approximate surface area is 192 Å². The Kier molecular flexibility index (Phi) is 6.23. The standard InChI is InChI=1S/C24H22F3N5O2/c1-15-8-16(2)10-18(9-15)22(33)28-6-7-32-21-20(12-30-32)23(34)31(14-29-21)13-17-4-3-5-19(11-17)24(25,26)27/h3-5,8-12,14H,6-7,13H2,1-2H3,(H,28,33). The molecule has 0 aliphatic heterocycles. The highest BCUT2D eigenvalue weighted by Gasteiger charge is 2.30. The van der Waals surface area contributed by atoms with Crippen molar-refractivity contribution in [2.75, 3.05) is 6.54 Å². The Morgan fingerprint density at radius 1 is 1.09 bits per heavy atom. The highest BCUT2D eigenvalue weighted by Crippen LogP contribution is 2.29. The fourth-order valence-electron chi connectivity index (χ4n) is 3.80. The smallest absolute Gasteiger partial charge is 0.350 e. The number of alkyl halides is 3. The minimum Gasteiger partial charge on any atom is -0.350 e. The maximum atomic E-state index is 13.0. The molecule has 2 aromatic heterocycles. The van der Waals surface area contributed by atoms with E-state index in [1.54, 1.807) is 12.1 Å². The maximum Gasteiger partial charge on any atom is 0.416 e. The van der Waals surface area contributed by atoms with Crippen molar-refractivity contribution in [2.45, 2.75) is 33.1 Å². The summed E-state index contributed by atoms with van der Waals surface area (Å²) in [4.78, 5) is 29.5. The summed E-state index contributed by atoms with van der Waals surface area (Å²) >= 11 is 0. The van der Waals surface area contributed by atoms with Gasteiger partial charge in [-0.05, 0) is 43.7 Å². The van der Waals surface area contributed by atoms with Crippen LogP contribution >= 0.6 is 0 Å². The maximum absolute atomic E-state index is 13.0. The van der Waals surface area contributed by atoms with Crippen LogP contribution in [0.5, 0.6) is 0 Å². The van der Waals surface area contributed by atoms with Gasteiger partial charge in [0.05, 0.1) is 24.8 Å².